The Morgan fingerprint density at radius 2 is 1.62 bits per heavy atom. The average Bonchev–Trinajstić information content (AvgIpc) is 4.02. The quantitative estimate of drug-likeness (QED) is 0.0912. The summed E-state index contributed by atoms with van der Waals surface area (Å²) in [7, 11) is -5.26. The number of thiophene rings is 1. The van der Waals surface area contributed by atoms with Crippen LogP contribution in [0.15, 0.2) is 47.4 Å². The third-order valence-electron chi connectivity index (χ3n) is 12.2. The molecule has 0 bridgehead atoms. The van der Waals surface area contributed by atoms with E-state index in [0.29, 0.717) is 35.9 Å². The molecule has 2 N–H and O–H groups in total. The molecule has 20 heteroatoms. The van der Waals surface area contributed by atoms with Crippen LogP contribution in [0.25, 0.3) is 10.1 Å². The van der Waals surface area contributed by atoms with E-state index in [0.717, 1.165) is 53.4 Å². The first-order valence-electron chi connectivity index (χ1n) is 22.4. The maximum atomic E-state index is 16.5. The highest BCUT2D eigenvalue weighted by Gasteiger charge is 2.55. The van der Waals surface area contributed by atoms with Crippen LogP contribution in [0.4, 0.5) is 8.78 Å². The number of benzene rings is 1. The number of hydrogen-bond donors (Lipinski definition) is 2. The van der Waals surface area contributed by atoms with Gasteiger partial charge in [0.05, 0.1) is 30.1 Å². The number of halogens is 2. The molecule has 0 saturated carbocycles. The molecule has 3 saturated heterocycles. The van der Waals surface area contributed by atoms with Crippen molar-refractivity contribution in [1.29, 1.82) is 5.26 Å². The van der Waals surface area contributed by atoms with Crippen LogP contribution in [-0.2, 0) is 38.5 Å². The number of aromatic nitrogens is 1. The third-order valence-corrected chi connectivity index (χ3v) is 17.0. The number of H-pyrrole nitrogens is 1. The van der Waals surface area contributed by atoms with Gasteiger partial charge in [0.15, 0.2) is 10.2 Å². The van der Waals surface area contributed by atoms with Gasteiger partial charge in [-0.05, 0) is 78.7 Å². The maximum absolute atomic E-state index is 16.5. The van der Waals surface area contributed by atoms with Crippen molar-refractivity contribution in [3.8, 4) is 6.07 Å². The summed E-state index contributed by atoms with van der Waals surface area (Å²) in [5.74, 6) is -1.95. The SMILES string of the molecule is CC(C)CC(=O)SCCOP(=O)(OCCSC(=O)CC(C)C)C(F)(F)c1ccc2sc(C(=O)N[C@H]3CCCC(C)[C@H]4CC[C@@H](C(=O)N5C[C@@H](C#N)[C@H](c6cc[nH]c(=O)c6)C5)N4C3=O)cc2c1. The minimum atomic E-state index is -5.26. The fourth-order valence-corrected chi connectivity index (χ4v) is 13.3. The lowest BCUT2D eigenvalue weighted by Crippen LogP contribution is -2.57. The molecule has 3 fully saturated rings. The van der Waals surface area contributed by atoms with E-state index in [9.17, 15) is 38.6 Å². The number of nitriles is 1. The topological polar surface area (TPSA) is 196 Å². The second kappa shape index (κ2) is 22.5. The van der Waals surface area contributed by atoms with Gasteiger partial charge < -0.3 is 29.1 Å². The Bertz CT molecular complexity index is 2390. The monoisotopic (exact) mass is 989 g/mol. The summed E-state index contributed by atoms with van der Waals surface area (Å²) in [4.78, 5) is 85.2. The van der Waals surface area contributed by atoms with Gasteiger partial charge in [-0.3, -0.25) is 33.3 Å². The Balaban J connectivity index is 1.17. The highest BCUT2D eigenvalue weighted by atomic mass is 32.2. The normalized spacial score (nSPS) is 22.6. The molecule has 6 rings (SSSR count). The molecule has 0 spiro atoms. The molecule has 0 aliphatic carbocycles. The molecule has 66 heavy (non-hydrogen) atoms. The summed E-state index contributed by atoms with van der Waals surface area (Å²) < 4.78 is 58.2. The average molecular weight is 990 g/mol. The van der Waals surface area contributed by atoms with Gasteiger partial charge in [0.25, 0.3) is 5.91 Å². The Morgan fingerprint density at radius 1 is 0.955 bits per heavy atom. The van der Waals surface area contributed by atoms with Crippen LogP contribution in [0.2, 0.25) is 0 Å². The molecule has 6 atom stereocenters. The lowest BCUT2D eigenvalue weighted by molar-refractivity contribution is -0.147. The summed E-state index contributed by atoms with van der Waals surface area (Å²) in [6.45, 7) is 9.01. The van der Waals surface area contributed by atoms with Gasteiger partial charge in [-0.2, -0.15) is 14.0 Å². The number of carbonyl (C=O) groups is 5. The standard InChI is InChI=1S/C46H58F2N5O9PS3/c1-27(2)19-41(55)64-17-15-61-63(60,62-16-18-65-42(56)20-28(3)4)46(47,48)33-9-12-38-31(21-33)22-39(66-38)43(57)51-35-8-6-7-29(5)36-10-11-37(53(36)44(35)58)45(59)52-25-32(24-49)34(26-52)30-13-14-50-40(54)23-30/h9,12-14,21-23,27-29,32,34-37H,6-8,10-11,15-20,25-26H2,1-5H3,(H,50,54)(H,51,57)/t29?,32-,34+,35+,36-,37+/m1/s1. The second-order valence-electron chi connectivity index (χ2n) is 18.1. The van der Waals surface area contributed by atoms with Crippen molar-refractivity contribution in [2.75, 3.05) is 37.8 Å². The number of carbonyl (C=O) groups excluding carboxylic acids is 5. The summed E-state index contributed by atoms with van der Waals surface area (Å²) >= 11 is 2.82. The Morgan fingerprint density at radius 3 is 2.24 bits per heavy atom. The van der Waals surface area contributed by atoms with Crippen LogP contribution < -0.4 is 10.9 Å². The number of hydrogen-bond acceptors (Lipinski definition) is 13. The molecule has 1 aromatic carbocycles. The number of fused-ring (bicyclic) bond motifs is 2. The lowest BCUT2D eigenvalue weighted by Gasteiger charge is -2.39. The van der Waals surface area contributed by atoms with Crippen LogP contribution in [0.1, 0.15) is 106 Å². The second-order valence-corrected chi connectivity index (χ2v) is 23.6. The van der Waals surface area contributed by atoms with E-state index in [-0.39, 0.29) is 105 Å². The zero-order valence-corrected chi connectivity index (χ0v) is 41.1. The molecule has 358 valence electrons. The van der Waals surface area contributed by atoms with Crippen molar-refractivity contribution >= 4 is 80.5 Å². The molecule has 1 unspecified atom stereocenters. The molecule has 5 heterocycles. The molecule has 0 radical (unpaired) electrons. The Hall–Kier alpha value is -3.92. The fraction of sp³-hybridized carbons (Fsp3) is 0.587. The number of nitrogens with zero attached hydrogens (tertiary/aromatic N) is 3. The summed E-state index contributed by atoms with van der Waals surface area (Å²) in [6, 6.07) is 8.45. The molecule has 2 aromatic heterocycles. The van der Waals surface area contributed by atoms with E-state index in [1.165, 1.54) is 24.4 Å². The lowest BCUT2D eigenvalue weighted by atomic mass is 9.90. The van der Waals surface area contributed by atoms with E-state index in [1.807, 2.05) is 27.7 Å². The minimum absolute atomic E-state index is 0.0307. The number of likely N-dealkylation sites (tertiary alicyclic amines) is 1. The largest absolute Gasteiger partial charge is 0.404 e. The summed E-state index contributed by atoms with van der Waals surface area (Å²) in [5.41, 5.74) is -4.50. The highest BCUT2D eigenvalue weighted by molar-refractivity contribution is 8.13. The molecule has 3 aromatic rings. The van der Waals surface area contributed by atoms with Crippen molar-refractivity contribution in [2.24, 2.45) is 23.7 Å². The van der Waals surface area contributed by atoms with Crippen LogP contribution in [-0.4, -0.2) is 98.7 Å². The first-order valence-corrected chi connectivity index (χ1v) is 26.8. The van der Waals surface area contributed by atoms with Crippen LogP contribution in [0.5, 0.6) is 0 Å². The Labute approximate surface area is 396 Å². The van der Waals surface area contributed by atoms with Crippen LogP contribution >= 0.6 is 42.5 Å². The number of thioether (sulfide) groups is 2. The fourth-order valence-electron chi connectivity index (χ4n) is 8.92. The van der Waals surface area contributed by atoms with Gasteiger partial charge in [0, 0.05) is 71.9 Å². The van der Waals surface area contributed by atoms with Crippen molar-refractivity contribution in [3.63, 3.8) is 0 Å². The van der Waals surface area contributed by atoms with E-state index in [1.54, 1.807) is 15.9 Å². The highest BCUT2D eigenvalue weighted by Crippen LogP contribution is 2.67. The number of pyridine rings is 1. The third kappa shape index (κ3) is 12.2. The number of nitrogens with one attached hydrogen (secondary N) is 2. The molecular formula is C46H58F2N5O9PS3. The number of amides is 3. The van der Waals surface area contributed by atoms with Crippen LogP contribution in [0.3, 0.4) is 0 Å². The van der Waals surface area contributed by atoms with Crippen molar-refractivity contribution in [2.45, 2.75) is 109 Å². The van der Waals surface area contributed by atoms with Gasteiger partial charge in [-0.15, -0.1) is 11.3 Å². The zero-order chi connectivity index (χ0) is 47.9. The maximum Gasteiger partial charge on any atom is 0.404 e. The minimum Gasteiger partial charge on any atom is -0.340 e. The van der Waals surface area contributed by atoms with Gasteiger partial charge >= 0.3 is 13.3 Å². The van der Waals surface area contributed by atoms with Crippen molar-refractivity contribution < 1.29 is 46.4 Å². The van der Waals surface area contributed by atoms with E-state index in [2.05, 4.69) is 23.3 Å². The molecule has 3 aliphatic heterocycles. The molecule has 3 amide bonds. The van der Waals surface area contributed by atoms with Crippen molar-refractivity contribution in [3.05, 3.63) is 69.0 Å². The van der Waals surface area contributed by atoms with Crippen molar-refractivity contribution in [1.82, 2.24) is 20.1 Å². The number of rotatable bonds is 18. The number of alkyl halides is 2. The van der Waals surface area contributed by atoms with Gasteiger partial charge in [-0.1, -0.05) is 70.6 Å². The van der Waals surface area contributed by atoms with Gasteiger partial charge in [0.2, 0.25) is 17.4 Å². The van der Waals surface area contributed by atoms with E-state index >= 15 is 8.78 Å². The summed E-state index contributed by atoms with van der Waals surface area (Å²) in [5, 5.41) is 12.8. The molecule has 3 aliphatic rings. The first kappa shape index (κ1) is 51.5. The molecular weight excluding hydrogens is 932 g/mol. The van der Waals surface area contributed by atoms with Gasteiger partial charge in [0.1, 0.15) is 12.1 Å². The van der Waals surface area contributed by atoms with E-state index < -0.39 is 55.9 Å². The van der Waals surface area contributed by atoms with E-state index in [4.69, 9.17) is 9.05 Å². The first-order chi connectivity index (χ1) is 31.3. The predicted octanol–water partition coefficient (Wildman–Crippen LogP) is 8.52. The zero-order valence-electron chi connectivity index (χ0n) is 37.8. The Kier molecular flexibility index (Phi) is 17.5. The van der Waals surface area contributed by atoms with Gasteiger partial charge in [-0.25, -0.2) is 0 Å². The summed E-state index contributed by atoms with van der Waals surface area (Å²) in [6.07, 6.45) is 4.80. The predicted molar refractivity (Wildman–Crippen MR) is 252 cm³/mol. The smallest absolute Gasteiger partial charge is 0.340 e. The molecule has 14 nitrogen and oxygen atoms in total. The number of aromatic amines is 1. The van der Waals surface area contributed by atoms with Crippen LogP contribution in [0, 0.1) is 35.0 Å².